The van der Waals surface area contributed by atoms with Gasteiger partial charge in [-0.3, -0.25) is 4.79 Å². The second-order valence-electron chi connectivity index (χ2n) is 10.4. The first-order valence-electron chi connectivity index (χ1n) is 12.5. The Kier molecular flexibility index (Phi) is 5.57. The Morgan fingerprint density at radius 3 is 2.67 bits per heavy atom. The molecule has 4 atom stereocenters. The summed E-state index contributed by atoms with van der Waals surface area (Å²) < 4.78 is 45.6. The molecule has 1 aromatic heterocycles. The number of para-hydroxylation sites is 1. The number of nitrogens with one attached hydrogen (secondary N) is 1. The zero-order valence-corrected chi connectivity index (χ0v) is 22.6. The van der Waals surface area contributed by atoms with Crippen molar-refractivity contribution in [2.24, 2.45) is 11.7 Å². The third kappa shape index (κ3) is 3.51. The number of sulfonamides is 1. The number of ether oxygens (including phenoxy) is 2. The normalized spacial score (nSPS) is 25.2. The summed E-state index contributed by atoms with van der Waals surface area (Å²) >= 11 is 0. The van der Waals surface area contributed by atoms with Gasteiger partial charge in [0.25, 0.3) is 0 Å². The van der Waals surface area contributed by atoms with Crippen LogP contribution in [0.2, 0.25) is 0 Å². The molecule has 6 rings (SSSR count). The highest BCUT2D eigenvalue weighted by Crippen LogP contribution is 2.61. The highest BCUT2D eigenvalue weighted by Gasteiger charge is 2.65. The fraction of sp³-hybridized carbons (Fsp3) is 0.370. The molecule has 0 fully saturated rings. The number of nitrogens with zero attached hydrogens (tertiary/aromatic N) is 2. The number of fused-ring (bicyclic) bond motifs is 4. The molecule has 2 aromatic carbocycles. The van der Waals surface area contributed by atoms with Gasteiger partial charge in [0.2, 0.25) is 28.0 Å². The Labute approximate surface area is 225 Å². The number of rotatable bonds is 3. The first kappa shape index (κ1) is 25.4. The van der Waals surface area contributed by atoms with Crippen molar-refractivity contribution in [3.05, 3.63) is 76.5 Å². The molecular formula is C27H28N4O7S. The monoisotopic (exact) mass is 552 g/mol. The lowest BCUT2D eigenvalue weighted by atomic mass is 9.72. The quantitative estimate of drug-likeness (QED) is 0.464. The fourth-order valence-electron chi connectivity index (χ4n) is 5.89. The topological polar surface area (TPSA) is 154 Å². The SMILES string of the molecule is COC(=O)c1nc2oc1[C@]13c4cc(ccc4OC1N(S(C)(=O)=O)c1ccccc13)C[C@H](N)C(=O)N[C@H]2C(C)C. The molecule has 11 nitrogen and oxygen atoms in total. The number of aromatic nitrogens is 1. The van der Waals surface area contributed by atoms with Crippen LogP contribution in [0.25, 0.3) is 0 Å². The van der Waals surface area contributed by atoms with Gasteiger partial charge in [-0.05, 0) is 30.0 Å². The standard InChI is InChI=1S/C27H28N4O7S/c1-13(2)20-24-30-21(25(33)36-3)22(38-24)27-15-7-5-6-8-18(15)31(39(4,34)35)26(27)37-19-10-9-14(11-16(19)27)12-17(28)23(32)29-20/h5-11,13,17,20,26H,12,28H2,1-4H3,(H,29,32)/t17-,20-,26?,27-/m0/s1. The third-order valence-electron chi connectivity index (χ3n) is 7.62. The van der Waals surface area contributed by atoms with Crippen LogP contribution < -0.4 is 20.1 Å². The van der Waals surface area contributed by atoms with Gasteiger partial charge in [0.1, 0.15) is 17.2 Å². The van der Waals surface area contributed by atoms with Gasteiger partial charge in [-0.15, -0.1) is 0 Å². The number of carbonyl (C=O) groups excluding carboxylic acids is 2. The van der Waals surface area contributed by atoms with Gasteiger partial charge in [-0.1, -0.05) is 44.2 Å². The number of esters is 1. The fourth-order valence-corrected chi connectivity index (χ4v) is 6.95. The van der Waals surface area contributed by atoms with E-state index in [1.807, 2.05) is 19.9 Å². The molecule has 3 aliphatic heterocycles. The van der Waals surface area contributed by atoms with Crippen molar-refractivity contribution in [2.75, 3.05) is 17.7 Å². The molecule has 3 aromatic rings. The van der Waals surface area contributed by atoms with Crippen LogP contribution >= 0.6 is 0 Å². The predicted octanol–water partition coefficient (Wildman–Crippen LogP) is 1.99. The van der Waals surface area contributed by atoms with Crippen LogP contribution in [0, 0.1) is 5.92 Å². The average molecular weight is 553 g/mol. The van der Waals surface area contributed by atoms with E-state index in [9.17, 15) is 18.0 Å². The van der Waals surface area contributed by atoms with Crippen molar-refractivity contribution in [1.29, 1.82) is 0 Å². The Hall–Kier alpha value is -3.90. The van der Waals surface area contributed by atoms with Crippen LogP contribution in [0.15, 0.2) is 46.9 Å². The summed E-state index contributed by atoms with van der Waals surface area (Å²) in [5, 5.41) is 2.92. The lowest BCUT2D eigenvalue weighted by Gasteiger charge is -2.30. The van der Waals surface area contributed by atoms with E-state index >= 15 is 0 Å². The Bertz CT molecular complexity index is 1630. The number of oxazole rings is 1. The summed E-state index contributed by atoms with van der Waals surface area (Å²) in [5.74, 6) is -0.786. The molecule has 0 aliphatic carbocycles. The number of carbonyl (C=O) groups is 2. The van der Waals surface area contributed by atoms with E-state index in [-0.39, 0.29) is 29.7 Å². The number of amides is 1. The Balaban J connectivity index is 1.77. The van der Waals surface area contributed by atoms with Crippen molar-refractivity contribution in [3.63, 3.8) is 0 Å². The van der Waals surface area contributed by atoms with Crippen molar-refractivity contribution in [1.82, 2.24) is 10.3 Å². The number of hydrogen-bond acceptors (Lipinski definition) is 9. The summed E-state index contributed by atoms with van der Waals surface area (Å²) in [7, 11) is -2.64. The molecule has 3 N–H and O–H groups in total. The van der Waals surface area contributed by atoms with Gasteiger partial charge in [-0.2, -0.15) is 0 Å². The maximum Gasteiger partial charge on any atom is 0.360 e. The summed E-state index contributed by atoms with van der Waals surface area (Å²) in [5.41, 5.74) is 7.04. The molecule has 12 heteroatoms. The minimum absolute atomic E-state index is 0.0774. The number of methoxy groups -OCH3 is 1. The third-order valence-corrected chi connectivity index (χ3v) is 8.72. The van der Waals surface area contributed by atoms with Crippen molar-refractivity contribution >= 4 is 27.6 Å². The van der Waals surface area contributed by atoms with Crippen molar-refractivity contribution < 1.29 is 31.9 Å². The van der Waals surface area contributed by atoms with E-state index in [1.165, 1.54) is 11.4 Å². The number of anilines is 1. The maximum absolute atomic E-state index is 13.2. The Morgan fingerprint density at radius 2 is 1.97 bits per heavy atom. The van der Waals surface area contributed by atoms with Crippen LogP contribution in [-0.2, 0) is 31.4 Å². The molecule has 4 bridgehead atoms. The van der Waals surface area contributed by atoms with E-state index in [0.29, 0.717) is 22.6 Å². The lowest BCUT2D eigenvalue weighted by molar-refractivity contribution is -0.123. The minimum Gasteiger partial charge on any atom is -0.467 e. The highest BCUT2D eigenvalue weighted by molar-refractivity contribution is 7.92. The number of benzene rings is 2. The number of nitrogens with two attached hydrogens (primary N) is 1. The molecular weight excluding hydrogens is 524 g/mol. The maximum atomic E-state index is 13.2. The first-order valence-corrected chi connectivity index (χ1v) is 14.4. The molecule has 4 heterocycles. The van der Waals surface area contributed by atoms with Crippen molar-refractivity contribution in [3.8, 4) is 5.75 Å². The molecule has 0 saturated heterocycles. The molecule has 3 aliphatic rings. The van der Waals surface area contributed by atoms with Crippen LogP contribution in [-0.4, -0.2) is 50.9 Å². The molecule has 39 heavy (non-hydrogen) atoms. The molecule has 204 valence electrons. The highest BCUT2D eigenvalue weighted by atomic mass is 32.2. The first-order chi connectivity index (χ1) is 18.5. The summed E-state index contributed by atoms with van der Waals surface area (Å²) in [6, 6.07) is 10.7. The van der Waals surface area contributed by atoms with Crippen molar-refractivity contribution in [2.45, 2.75) is 44.0 Å². The Morgan fingerprint density at radius 1 is 1.23 bits per heavy atom. The van der Waals surface area contributed by atoms with E-state index < -0.39 is 45.6 Å². The molecule has 1 amide bonds. The van der Waals surface area contributed by atoms with E-state index in [0.717, 1.165) is 11.8 Å². The van der Waals surface area contributed by atoms with Crippen LogP contribution in [0.5, 0.6) is 5.75 Å². The summed E-state index contributed by atoms with van der Waals surface area (Å²) in [6.45, 7) is 3.75. The zero-order valence-electron chi connectivity index (χ0n) is 21.8. The van der Waals surface area contributed by atoms with Crippen LogP contribution in [0.1, 0.15) is 58.7 Å². The molecule has 0 saturated carbocycles. The van der Waals surface area contributed by atoms with Gasteiger partial charge in [0.15, 0.2) is 11.5 Å². The van der Waals surface area contributed by atoms with Crippen LogP contribution in [0.4, 0.5) is 5.69 Å². The van der Waals surface area contributed by atoms with E-state index in [1.54, 1.807) is 36.4 Å². The minimum atomic E-state index is -3.87. The molecule has 1 unspecified atom stereocenters. The molecule has 1 spiro atoms. The van der Waals surface area contributed by atoms with Gasteiger partial charge in [-0.25, -0.2) is 22.5 Å². The van der Waals surface area contributed by atoms with E-state index in [2.05, 4.69) is 10.3 Å². The zero-order chi connectivity index (χ0) is 27.9. The summed E-state index contributed by atoms with van der Waals surface area (Å²) in [6.07, 6.45) is 0.174. The smallest absolute Gasteiger partial charge is 0.360 e. The largest absolute Gasteiger partial charge is 0.467 e. The van der Waals surface area contributed by atoms with Crippen LogP contribution in [0.3, 0.4) is 0 Å². The second kappa shape index (κ2) is 8.55. The van der Waals surface area contributed by atoms with Gasteiger partial charge < -0.3 is 24.9 Å². The average Bonchev–Trinajstić information content (AvgIpc) is 3.53. The van der Waals surface area contributed by atoms with Gasteiger partial charge >= 0.3 is 5.97 Å². The van der Waals surface area contributed by atoms with Gasteiger partial charge in [0, 0.05) is 11.1 Å². The summed E-state index contributed by atoms with van der Waals surface area (Å²) in [4.78, 5) is 30.8. The van der Waals surface area contributed by atoms with E-state index in [4.69, 9.17) is 19.6 Å². The number of hydrogen-bond donors (Lipinski definition) is 2. The predicted molar refractivity (Wildman–Crippen MR) is 140 cm³/mol. The second-order valence-corrected chi connectivity index (χ2v) is 12.3. The molecule has 0 radical (unpaired) electrons. The van der Waals surface area contributed by atoms with Gasteiger partial charge in [0.05, 0.1) is 25.1 Å². The lowest BCUT2D eigenvalue weighted by Crippen LogP contribution is -2.48.